The lowest BCUT2D eigenvalue weighted by Crippen LogP contribution is -2.36. The Balaban J connectivity index is 2.12. The van der Waals surface area contributed by atoms with Crippen molar-refractivity contribution < 1.29 is 14.3 Å². The third kappa shape index (κ3) is 3.31. The predicted molar refractivity (Wildman–Crippen MR) is 117 cm³/mol. The van der Waals surface area contributed by atoms with Gasteiger partial charge in [-0.15, -0.1) is 0 Å². The summed E-state index contributed by atoms with van der Waals surface area (Å²) in [7, 11) is 0. The Morgan fingerprint density at radius 1 is 1.00 bits per heavy atom. The summed E-state index contributed by atoms with van der Waals surface area (Å²) < 4.78 is 4.45. The van der Waals surface area contributed by atoms with Crippen molar-refractivity contribution in [2.75, 3.05) is 18.0 Å². The Morgan fingerprint density at radius 3 is 2.38 bits per heavy atom. The number of hydrogen-bond acceptors (Lipinski definition) is 2. The Kier molecular flexibility index (Phi) is 5.38. The van der Waals surface area contributed by atoms with Gasteiger partial charge in [0.05, 0.1) is 24.8 Å². The van der Waals surface area contributed by atoms with Crippen LogP contribution in [0.4, 0.5) is 5.95 Å². The van der Waals surface area contributed by atoms with Gasteiger partial charge in [-0.3, -0.25) is 4.90 Å². The number of benzene rings is 1. The molecule has 0 radical (unpaired) electrons. The molecule has 5 heteroatoms. The first-order valence-corrected chi connectivity index (χ1v) is 10.5. The van der Waals surface area contributed by atoms with E-state index in [0.29, 0.717) is 5.56 Å². The molecule has 0 saturated heterocycles. The molecule has 0 aliphatic heterocycles. The van der Waals surface area contributed by atoms with Gasteiger partial charge in [-0.05, 0) is 37.1 Å². The van der Waals surface area contributed by atoms with Crippen LogP contribution in [0.2, 0.25) is 0 Å². The van der Waals surface area contributed by atoms with E-state index in [0.717, 1.165) is 66.7 Å². The normalized spacial score (nSPS) is 11.5. The Hall–Kier alpha value is -3.08. The number of unbranched alkanes of at least 4 members (excludes halogenated alkanes) is 2. The van der Waals surface area contributed by atoms with E-state index in [-0.39, 0.29) is 0 Å². The lowest BCUT2D eigenvalue weighted by atomic mass is 10.1. The fourth-order valence-electron chi connectivity index (χ4n) is 4.12. The van der Waals surface area contributed by atoms with E-state index in [9.17, 15) is 9.90 Å². The molecule has 0 fully saturated rings. The van der Waals surface area contributed by atoms with Crippen molar-refractivity contribution >= 4 is 33.9 Å². The minimum Gasteiger partial charge on any atom is -0.478 e. The van der Waals surface area contributed by atoms with Gasteiger partial charge in [-0.25, -0.2) is 9.20 Å². The first-order valence-electron chi connectivity index (χ1n) is 10.5. The highest BCUT2D eigenvalue weighted by atomic mass is 16.4. The van der Waals surface area contributed by atoms with Crippen LogP contribution in [0.15, 0.2) is 54.7 Å². The van der Waals surface area contributed by atoms with Gasteiger partial charge in [0.15, 0.2) is 0 Å². The summed E-state index contributed by atoms with van der Waals surface area (Å²) in [6.45, 7) is 6.39. The number of imidazole rings is 1. The maximum Gasteiger partial charge on any atom is 0.370 e. The summed E-state index contributed by atoms with van der Waals surface area (Å²) in [6, 6.07) is 15.7. The molecule has 4 aromatic rings. The second kappa shape index (κ2) is 8.11. The summed E-state index contributed by atoms with van der Waals surface area (Å²) in [6.07, 6.45) is 6.60. The van der Waals surface area contributed by atoms with E-state index in [1.165, 1.54) is 0 Å². The molecule has 0 amide bonds. The van der Waals surface area contributed by atoms with Crippen LogP contribution in [0.1, 0.15) is 49.9 Å². The average Bonchev–Trinajstić information content (AvgIpc) is 3.08. The van der Waals surface area contributed by atoms with Crippen LogP contribution in [0.3, 0.4) is 0 Å². The van der Waals surface area contributed by atoms with Gasteiger partial charge in [-0.2, -0.15) is 4.40 Å². The lowest BCUT2D eigenvalue weighted by molar-refractivity contribution is -0.497. The number of hydrogen-bond donors (Lipinski definition) is 1. The molecule has 0 unspecified atom stereocenters. The Morgan fingerprint density at radius 2 is 1.69 bits per heavy atom. The molecule has 1 aromatic carbocycles. The number of carboxylic acids is 1. The van der Waals surface area contributed by atoms with Gasteiger partial charge in [0.2, 0.25) is 0 Å². The van der Waals surface area contributed by atoms with Gasteiger partial charge in [0, 0.05) is 5.39 Å². The van der Waals surface area contributed by atoms with E-state index < -0.39 is 5.97 Å². The lowest BCUT2D eigenvalue weighted by Gasteiger charge is -2.18. The smallest absolute Gasteiger partial charge is 0.370 e. The van der Waals surface area contributed by atoms with Crippen molar-refractivity contribution in [1.82, 2.24) is 4.40 Å². The number of rotatable bonds is 8. The quantitative estimate of drug-likeness (QED) is 0.434. The molecule has 0 bridgehead atoms. The van der Waals surface area contributed by atoms with Gasteiger partial charge in [-0.1, -0.05) is 51.0 Å². The molecule has 150 valence electrons. The molecular weight excluding hydrogens is 362 g/mol. The molecule has 1 N–H and O–H groups in total. The molecule has 0 atom stereocenters. The number of anilines is 1. The van der Waals surface area contributed by atoms with Crippen molar-refractivity contribution in [3.8, 4) is 0 Å². The molecule has 4 rings (SSSR count). The van der Waals surface area contributed by atoms with Crippen molar-refractivity contribution in [3.05, 3.63) is 60.3 Å². The van der Waals surface area contributed by atoms with Gasteiger partial charge < -0.3 is 5.11 Å². The minimum absolute atomic E-state index is 0.345. The van der Waals surface area contributed by atoms with Crippen LogP contribution in [0, 0.1) is 0 Å². The standard InChI is InChI=1S/C24H27N3O2/c1-3-5-14-25(15-6-4-2)24-26-16-10-9-13-21(26)22-17-19(23(28)29)18-11-7-8-12-20(18)27(22)24/h7-13,16-17H,3-6,14-15H2,1-2H3/p+1. The van der Waals surface area contributed by atoms with Gasteiger partial charge in [0.25, 0.3) is 0 Å². The molecule has 0 aliphatic carbocycles. The van der Waals surface area contributed by atoms with Crippen LogP contribution in [0.5, 0.6) is 0 Å². The number of carboxylic acid groups (broad SMARTS) is 1. The fraction of sp³-hybridized carbons (Fsp3) is 0.333. The largest absolute Gasteiger partial charge is 0.478 e. The van der Waals surface area contributed by atoms with Crippen LogP contribution < -0.4 is 9.30 Å². The minimum atomic E-state index is -0.894. The van der Waals surface area contributed by atoms with E-state index in [2.05, 4.69) is 39.8 Å². The monoisotopic (exact) mass is 390 g/mol. The number of fused-ring (bicyclic) bond motifs is 5. The van der Waals surface area contributed by atoms with Gasteiger partial charge in [0.1, 0.15) is 16.6 Å². The van der Waals surface area contributed by atoms with E-state index in [1.54, 1.807) is 0 Å². The second-order valence-electron chi connectivity index (χ2n) is 7.55. The number of nitrogens with zero attached hydrogens (tertiary/aromatic N) is 3. The van der Waals surface area contributed by atoms with Crippen LogP contribution in [-0.4, -0.2) is 28.6 Å². The SMILES string of the molecule is CCCCN(CCCC)c1n2c3ccccc3c(C(=O)O)cc2c2cccc[n+]12. The van der Waals surface area contributed by atoms with Crippen molar-refractivity contribution in [3.63, 3.8) is 0 Å². The van der Waals surface area contributed by atoms with E-state index >= 15 is 0 Å². The number of pyridine rings is 2. The number of aromatic nitrogens is 2. The summed E-state index contributed by atoms with van der Waals surface area (Å²) >= 11 is 0. The third-order valence-corrected chi connectivity index (χ3v) is 5.57. The molecular formula is C24H28N3O2+. The van der Waals surface area contributed by atoms with Gasteiger partial charge >= 0.3 is 11.9 Å². The zero-order valence-electron chi connectivity index (χ0n) is 17.1. The maximum atomic E-state index is 12.0. The molecule has 3 aromatic heterocycles. The summed E-state index contributed by atoms with van der Waals surface area (Å²) in [4.78, 5) is 14.4. The third-order valence-electron chi connectivity index (χ3n) is 5.57. The average molecular weight is 391 g/mol. The zero-order chi connectivity index (χ0) is 20.4. The Bertz CT molecular complexity index is 1170. The predicted octanol–water partition coefficient (Wildman–Crippen LogP) is 4.94. The highest BCUT2D eigenvalue weighted by Gasteiger charge is 2.28. The highest BCUT2D eigenvalue weighted by molar-refractivity contribution is 6.06. The number of para-hydroxylation sites is 1. The first kappa shape index (κ1) is 19.2. The van der Waals surface area contributed by atoms with E-state index in [1.807, 2.05) is 42.5 Å². The topological polar surface area (TPSA) is 49.1 Å². The summed E-state index contributed by atoms with van der Waals surface area (Å²) in [5.41, 5.74) is 3.22. The Labute approximate surface area is 170 Å². The zero-order valence-corrected chi connectivity index (χ0v) is 17.1. The molecule has 5 nitrogen and oxygen atoms in total. The fourth-order valence-corrected chi connectivity index (χ4v) is 4.12. The van der Waals surface area contributed by atoms with Crippen LogP contribution in [0.25, 0.3) is 21.9 Å². The van der Waals surface area contributed by atoms with Crippen LogP contribution >= 0.6 is 0 Å². The molecule has 0 aliphatic rings. The number of carbonyl (C=O) groups is 1. The second-order valence-corrected chi connectivity index (χ2v) is 7.55. The van der Waals surface area contributed by atoms with Crippen molar-refractivity contribution in [2.24, 2.45) is 0 Å². The highest BCUT2D eigenvalue weighted by Crippen LogP contribution is 2.29. The molecule has 29 heavy (non-hydrogen) atoms. The first-order chi connectivity index (χ1) is 14.2. The maximum absolute atomic E-state index is 12.0. The molecule has 0 saturated carbocycles. The summed E-state index contributed by atoms with van der Waals surface area (Å²) in [5, 5.41) is 10.6. The molecule has 0 spiro atoms. The molecule has 3 heterocycles. The number of aromatic carboxylic acids is 1. The van der Waals surface area contributed by atoms with Crippen molar-refractivity contribution in [1.29, 1.82) is 0 Å². The van der Waals surface area contributed by atoms with Crippen molar-refractivity contribution in [2.45, 2.75) is 39.5 Å². The summed E-state index contributed by atoms with van der Waals surface area (Å²) in [5.74, 6) is 0.208. The van der Waals surface area contributed by atoms with Crippen LogP contribution in [-0.2, 0) is 0 Å². The van der Waals surface area contributed by atoms with E-state index in [4.69, 9.17) is 0 Å².